The summed E-state index contributed by atoms with van der Waals surface area (Å²) in [7, 11) is 0. The molecule has 0 aliphatic carbocycles. The van der Waals surface area contributed by atoms with Crippen molar-refractivity contribution in [3.8, 4) is 5.75 Å². The molecule has 1 aliphatic rings. The number of benzene rings is 2. The van der Waals surface area contributed by atoms with Crippen LogP contribution in [0.15, 0.2) is 48.5 Å². The van der Waals surface area contributed by atoms with Gasteiger partial charge in [0, 0.05) is 12.6 Å². The van der Waals surface area contributed by atoms with E-state index < -0.39 is 0 Å². The molecule has 1 unspecified atom stereocenters. The minimum absolute atomic E-state index is 0.147. The van der Waals surface area contributed by atoms with Gasteiger partial charge in [-0.15, -0.1) is 0 Å². The zero-order valence-corrected chi connectivity index (χ0v) is 13.7. The minimum Gasteiger partial charge on any atom is -0.494 e. The van der Waals surface area contributed by atoms with Gasteiger partial charge in [0.1, 0.15) is 11.6 Å². The molecule has 1 atom stereocenters. The lowest BCUT2D eigenvalue weighted by atomic mass is 10.0. The van der Waals surface area contributed by atoms with Crippen molar-refractivity contribution in [3.05, 3.63) is 65.5 Å². The molecule has 1 saturated heterocycles. The second-order valence-corrected chi connectivity index (χ2v) is 6.18. The van der Waals surface area contributed by atoms with E-state index in [-0.39, 0.29) is 5.82 Å². The molecule has 0 bridgehead atoms. The molecule has 3 rings (SSSR count). The average Bonchev–Trinajstić information content (AvgIpc) is 3.02. The van der Waals surface area contributed by atoms with Gasteiger partial charge in [-0.05, 0) is 61.2 Å². The van der Waals surface area contributed by atoms with Crippen molar-refractivity contribution in [2.24, 2.45) is 0 Å². The highest BCUT2D eigenvalue weighted by molar-refractivity contribution is 5.28. The van der Waals surface area contributed by atoms with E-state index in [1.807, 2.05) is 18.2 Å². The van der Waals surface area contributed by atoms with E-state index in [1.54, 1.807) is 12.1 Å². The molecule has 2 aromatic carbocycles. The van der Waals surface area contributed by atoms with Gasteiger partial charge in [0.05, 0.1) is 6.61 Å². The molecule has 2 aromatic rings. The van der Waals surface area contributed by atoms with Crippen molar-refractivity contribution in [2.75, 3.05) is 13.2 Å². The van der Waals surface area contributed by atoms with Gasteiger partial charge in [0.2, 0.25) is 0 Å². The van der Waals surface area contributed by atoms with Crippen LogP contribution in [-0.4, -0.2) is 18.1 Å². The lowest BCUT2D eigenvalue weighted by Gasteiger charge is -2.25. The van der Waals surface area contributed by atoms with E-state index in [0.29, 0.717) is 6.04 Å². The summed E-state index contributed by atoms with van der Waals surface area (Å²) in [5.74, 6) is 0.783. The summed E-state index contributed by atoms with van der Waals surface area (Å²) in [6.45, 7) is 4.83. The number of nitrogens with zero attached hydrogens (tertiary/aromatic N) is 1. The summed E-state index contributed by atoms with van der Waals surface area (Å²) < 4.78 is 19.1. The van der Waals surface area contributed by atoms with E-state index in [2.05, 4.69) is 24.0 Å². The minimum atomic E-state index is -0.147. The second-order valence-electron chi connectivity index (χ2n) is 6.18. The van der Waals surface area contributed by atoms with E-state index in [0.717, 1.165) is 43.9 Å². The third-order valence-corrected chi connectivity index (χ3v) is 4.38. The number of rotatable bonds is 6. The first-order valence-electron chi connectivity index (χ1n) is 8.47. The van der Waals surface area contributed by atoms with Gasteiger partial charge in [-0.3, -0.25) is 4.90 Å². The van der Waals surface area contributed by atoms with Crippen LogP contribution in [0.3, 0.4) is 0 Å². The molecule has 1 aliphatic heterocycles. The summed E-state index contributed by atoms with van der Waals surface area (Å²) in [4.78, 5) is 2.44. The highest BCUT2D eigenvalue weighted by Crippen LogP contribution is 2.33. The van der Waals surface area contributed by atoms with Gasteiger partial charge in [-0.1, -0.05) is 31.2 Å². The molecule has 2 nitrogen and oxygen atoms in total. The zero-order valence-electron chi connectivity index (χ0n) is 13.7. The maximum Gasteiger partial charge on any atom is 0.123 e. The van der Waals surface area contributed by atoms with Crippen LogP contribution >= 0.6 is 0 Å². The van der Waals surface area contributed by atoms with Crippen LogP contribution in [0.4, 0.5) is 4.39 Å². The highest BCUT2D eigenvalue weighted by Gasteiger charge is 2.26. The molecule has 23 heavy (non-hydrogen) atoms. The van der Waals surface area contributed by atoms with Gasteiger partial charge >= 0.3 is 0 Å². The third-order valence-electron chi connectivity index (χ3n) is 4.38. The van der Waals surface area contributed by atoms with Gasteiger partial charge in [-0.2, -0.15) is 0 Å². The molecule has 0 N–H and O–H groups in total. The fourth-order valence-electron chi connectivity index (χ4n) is 3.25. The monoisotopic (exact) mass is 313 g/mol. The van der Waals surface area contributed by atoms with E-state index in [9.17, 15) is 4.39 Å². The molecule has 3 heteroatoms. The molecule has 0 aromatic heterocycles. The van der Waals surface area contributed by atoms with Crippen molar-refractivity contribution >= 4 is 0 Å². The number of hydrogen-bond donors (Lipinski definition) is 0. The number of hydrogen-bond acceptors (Lipinski definition) is 2. The van der Waals surface area contributed by atoms with E-state index >= 15 is 0 Å². The molecular weight excluding hydrogens is 289 g/mol. The van der Waals surface area contributed by atoms with Crippen molar-refractivity contribution in [2.45, 2.75) is 38.8 Å². The number of halogens is 1. The Hall–Kier alpha value is -1.87. The molecule has 122 valence electrons. The lowest BCUT2D eigenvalue weighted by molar-refractivity contribution is 0.248. The SMILES string of the molecule is CCCOc1ccc(CN2CCCC2c2cccc(F)c2)cc1. The molecule has 1 heterocycles. The topological polar surface area (TPSA) is 12.5 Å². The normalized spacial score (nSPS) is 18.3. The Balaban J connectivity index is 1.66. The fraction of sp³-hybridized carbons (Fsp3) is 0.400. The predicted molar refractivity (Wildman–Crippen MR) is 91.0 cm³/mol. The van der Waals surface area contributed by atoms with Crippen LogP contribution in [0.2, 0.25) is 0 Å². The average molecular weight is 313 g/mol. The summed E-state index contributed by atoms with van der Waals surface area (Å²) >= 11 is 0. The number of likely N-dealkylation sites (tertiary alicyclic amines) is 1. The molecule has 0 radical (unpaired) electrons. The molecule has 0 spiro atoms. The van der Waals surface area contributed by atoms with Crippen LogP contribution in [0.5, 0.6) is 5.75 Å². The van der Waals surface area contributed by atoms with Crippen LogP contribution in [-0.2, 0) is 6.54 Å². The Morgan fingerprint density at radius 2 is 2.00 bits per heavy atom. The third kappa shape index (κ3) is 4.11. The van der Waals surface area contributed by atoms with Gasteiger partial charge in [0.25, 0.3) is 0 Å². The second kappa shape index (κ2) is 7.60. The standard InChI is InChI=1S/C20H24FNO/c1-2-13-23-19-10-8-16(9-11-19)15-22-12-4-7-20(22)17-5-3-6-18(21)14-17/h3,5-6,8-11,14,20H,2,4,7,12-13,15H2,1H3. The molecule has 1 fully saturated rings. The van der Waals surface area contributed by atoms with E-state index in [1.165, 1.54) is 18.1 Å². The zero-order chi connectivity index (χ0) is 16.1. The van der Waals surface area contributed by atoms with Crippen LogP contribution in [0.25, 0.3) is 0 Å². The first kappa shape index (κ1) is 16.0. The van der Waals surface area contributed by atoms with Crippen molar-refractivity contribution in [1.29, 1.82) is 0 Å². The summed E-state index contributed by atoms with van der Waals surface area (Å²) in [6, 6.07) is 15.7. The highest BCUT2D eigenvalue weighted by atomic mass is 19.1. The Bertz CT molecular complexity index is 626. The van der Waals surface area contributed by atoms with Crippen LogP contribution in [0.1, 0.15) is 43.4 Å². The first-order valence-corrected chi connectivity index (χ1v) is 8.47. The Labute approximate surface area is 137 Å². The number of ether oxygens (including phenoxy) is 1. The maximum absolute atomic E-state index is 13.5. The largest absolute Gasteiger partial charge is 0.494 e. The van der Waals surface area contributed by atoms with E-state index in [4.69, 9.17) is 4.74 Å². The fourth-order valence-corrected chi connectivity index (χ4v) is 3.25. The van der Waals surface area contributed by atoms with Gasteiger partial charge in [-0.25, -0.2) is 4.39 Å². The smallest absolute Gasteiger partial charge is 0.123 e. The van der Waals surface area contributed by atoms with Crippen molar-refractivity contribution < 1.29 is 9.13 Å². The molecular formula is C20H24FNO. The first-order chi connectivity index (χ1) is 11.3. The maximum atomic E-state index is 13.5. The van der Waals surface area contributed by atoms with Crippen molar-refractivity contribution in [1.82, 2.24) is 4.90 Å². The molecule has 0 saturated carbocycles. The van der Waals surface area contributed by atoms with Gasteiger partial charge < -0.3 is 4.74 Å². The Morgan fingerprint density at radius 3 is 2.74 bits per heavy atom. The summed E-state index contributed by atoms with van der Waals surface area (Å²) in [6.07, 6.45) is 3.28. The van der Waals surface area contributed by atoms with Crippen molar-refractivity contribution in [3.63, 3.8) is 0 Å². The Morgan fingerprint density at radius 1 is 1.17 bits per heavy atom. The quantitative estimate of drug-likeness (QED) is 0.748. The summed E-state index contributed by atoms with van der Waals surface area (Å²) in [5, 5.41) is 0. The molecule has 0 amide bonds. The lowest BCUT2D eigenvalue weighted by Crippen LogP contribution is -2.22. The predicted octanol–water partition coefficient (Wildman–Crippen LogP) is 4.95. The van der Waals surface area contributed by atoms with Crippen LogP contribution < -0.4 is 4.74 Å². The van der Waals surface area contributed by atoms with Gasteiger partial charge in [0.15, 0.2) is 0 Å². The summed E-state index contributed by atoms with van der Waals surface area (Å²) in [5.41, 5.74) is 2.36. The Kier molecular flexibility index (Phi) is 5.29. The van der Waals surface area contributed by atoms with Crippen LogP contribution in [0, 0.1) is 5.82 Å².